The average Bonchev–Trinajstić information content (AvgIpc) is 3.08. The van der Waals surface area contributed by atoms with Gasteiger partial charge >= 0.3 is 0 Å². The van der Waals surface area contributed by atoms with Crippen molar-refractivity contribution in [2.45, 2.75) is 6.92 Å². The Bertz CT molecular complexity index is 997. The van der Waals surface area contributed by atoms with E-state index in [-0.39, 0.29) is 0 Å². The van der Waals surface area contributed by atoms with Gasteiger partial charge in [0.2, 0.25) is 0 Å². The van der Waals surface area contributed by atoms with Crippen LogP contribution in [0.3, 0.4) is 0 Å². The quantitative estimate of drug-likeness (QED) is 0.509. The number of nitrogens with two attached hydrogens (primary N) is 1. The second kappa shape index (κ2) is 8.01. The summed E-state index contributed by atoms with van der Waals surface area (Å²) in [4.78, 5) is 13.6. The Balaban J connectivity index is 1.78. The van der Waals surface area contributed by atoms with Crippen molar-refractivity contribution < 1.29 is 13.9 Å². The molecule has 0 unspecified atom stereocenters. The van der Waals surface area contributed by atoms with Gasteiger partial charge in [-0.1, -0.05) is 18.2 Å². The lowest BCUT2D eigenvalue weighted by Crippen LogP contribution is -2.19. The number of carbonyl (C=O) groups is 1. The van der Waals surface area contributed by atoms with E-state index in [1.165, 1.54) is 17.4 Å². The maximum atomic E-state index is 13.8. The maximum absolute atomic E-state index is 13.8. The molecule has 3 rings (SSSR count). The molecule has 1 heterocycles. The summed E-state index contributed by atoms with van der Waals surface area (Å²) in [5.41, 5.74) is 10.4. The van der Waals surface area contributed by atoms with Gasteiger partial charge in [-0.2, -0.15) is 5.10 Å². The van der Waals surface area contributed by atoms with Crippen LogP contribution in [-0.4, -0.2) is 18.7 Å². The number of halogens is 1. The fourth-order valence-corrected chi connectivity index (χ4v) is 3.46. The molecule has 5 nitrogen and oxygen atoms in total. The third-order valence-electron chi connectivity index (χ3n) is 3.93. The molecule has 0 fully saturated rings. The topological polar surface area (TPSA) is 76.7 Å². The van der Waals surface area contributed by atoms with Gasteiger partial charge in [-0.15, -0.1) is 11.3 Å². The number of thiophene rings is 1. The van der Waals surface area contributed by atoms with E-state index >= 15 is 0 Å². The van der Waals surface area contributed by atoms with E-state index in [1.807, 2.05) is 24.3 Å². The summed E-state index contributed by atoms with van der Waals surface area (Å²) >= 11 is 1.26. The molecule has 0 aliphatic rings. The first-order chi connectivity index (χ1) is 13.0. The summed E-state index contributed by atoms with van der Waals surface area (Å²) in [6.07, 6.45) is 0. The van der Waals surface area contributed by atoms with Crippen molar-refractivity contribution in [1.82, 2.24) is 5.43 Å². The number of hydrazone groups is 1. The molecule has 0 saturated heterocycles. The van der Waals surface area contributed by atoms with Crippen LogP contribution in [0.5, 0.6) is 5.75 Å². The van der Waals surface area contributed by atoms with Crippen molar-refractivity contribution >= 4 is 28.6 Å². The number of nitrogens with one attached hydrogen (secondary N) is 1. The van der Waals surface area contributed by atoms with Crippen LogP contribution in [0.2, 0.25) is 0 Å². The molecule has 27 heavy (non-hydrogen) atoms. The number of hydrogen-bond acceptors (Lipinski definition) is 5. The van der Waals surface area contributed by atoms with Gasteiger partial charge in [0.05, 0.1) is 18.5 Å². The summed E-state index contributed by atoms with van der Waals surface area (Å²) in [5.74, 6) is -0.0856. The van der Waals surface area contributed by atoms with Crippen molar-refractivity contribution in [2.24, 2.45) is 5.10 Å². The van der Waals surface area contributed by atoms with Gasteiger partial charge in [0.1, 0.15) is 16.4 Å². The second-order valence-corrected chi connectivity index (χ2v) is 6.79. The van der Waals surface area contributed by atoms with Crippen LogP contribution in [0.1, 0.15) is 22.2 Å². The molecule has 0 bridgehead atoms. The first kappa shape index (κ1) is 18.6. The summed E-state index contributed by atoms with van der Waals surface area (Å²) in [5, 5.41) is 3.99. The monoisotopic (exact) mass is 383 g/mol. The normalized spacial score (nSPS) is 11.3. The standard InChI is InChI=1S/C20H18FN3O2S/c1-12(15-5-3-4-6-16(15)21)23-24-20(25)19-17(22)11-18(27-19)13-7-9-14(26-2)10-8-13/h3-11H,22H2,1-2H3,(H,24,25)/b23-12-. The van der Waals surface area contributed by atoms with Gasteiger partial charge < -0.3 is 10.5 Å². The van der Waals surface area contributed by atoms with Gasteiger partial charge in [-0.25, -0.2) is 9.82 Å². The van der Waals surface area contributed by atoms with E-state index in [0.29, 0.717) is 21.8 Å². The van der Waals surface area contributed by atoms with E-state index in [4.69, 9.17) is 10.5 Å². The van der Waals surface area contributed by atoms with Crippen LogP contribution in [-0.2, 0) is 0 Å². The van der Waals surface area contributed by atoms with Crippen molar-refractivity contribution in [3.05, 3.63) is 70.9 Å². The summed E-state index contributed by atoms with van der Waals surface area (Å²) in [7, 11) is 1.60. The SMILES string of the molecule is COc1ccc(-c2cc(N)c(C(=O)N/N=C(/C)c3ccccc3F)s2)cc1. The highest BCUT2D eigenvalue weighted by Gasteiger charge is 2.15. The Hall–Kier alpha value is -3.19. The smallest absolute Gasteiger partial charge is 0.283 e. The number of carbonyl (C=O) groups excluding carboxylic acids is 1. The van der Waals surface area contributed by atoms with E-state index in [9.17, 15) is 9.18 Å². The number of hydrogen-bond donors (Lipinski definition) is 2. The first-order valence-corrected chi connectivity index (χ1v) is 8.94. The molecule has 138 valence electrons. The molecule has 0 atom stereocenters. The van der Waals surface area contributed by atoms with Crippen molar-refractivity contribution in [3.8, 4) is 16.2 Å². The molecular weight excluding hydrogens is 365 g/mol. The molecule has 3 N–H and O–H groups in total. The second-order valence-electron chi connectivity index (χ2n) is 5.74. The average molecular weight is 383 g/mol. The zero-order valence-corrected chi connectivity index (χ0v) is 15.6. The lowest BCUT2D eigenvalue weighted by atomic mass is 10.1. The third kappa shape index (κ3) is 4.15. The van der Waals surface area contributed by atoms with Crippen LogP contribution in [0, 0.1) is 5.82 Å². The van der Waals surface area contributed by atoms with Crippen molar-refractivity contribution in [2.75, 3.05) is 12.8 Å². The fraction of sp³-hybridized carbons (Fsp3) is 0.100. The highest BCUT2D eigenvalue weighted by atomic mass is 32.1. The van der Waals surface area contributed by atoms with E-state index < -0.39 is 11.7 Å². The van der Waals surface area contributed by atoms with Crippen molar-refractivity contribution in [1.29, 1.82) is 0 Å². The Morgan fingerprint density at radius 3 is 2.56 bits per heavy atom. The Labute approximate surface area is 160 Å². The molecule has 0 radical (unpaired) electrons. The van der Waals surface area contributed by atoms with Gasteiger partial charge in [-0.3, -0.25) is 4.79 Å². The lowest BCUT2D eigenvalue weighted by molar-refractivity contribution is 0.0959. The molecule has 0 aliphatic carbocycles. The molecule has 7 heteroatoms. The molecular formula is C20H18FN3O2S. The zero-order valence-electron chi connectivity index (χ0n) is 14.8. The number of methoxy groups -OCH3 is 1. The number of benzene rings is 2. The number of nitrogens with zero attached hydrogens (tertiary/aromatic N) is 1. The van der Waals surface area contributed by atoms with Gasteiger partial charge in [0.25, 0.3) is 5.91 Å². The molecule has 0 spiro atoms. The van der Waals surface area contributed by atoms with E-state index in [0.717, 1.165) is 16.2 Å². The molecule has 0 saturated carbocycles. The third-order valence-corrected chi connectivity index (χ3v) is 5.13. The van der Waals surface area contributed by atoms with E-state index in [2.05, 4.69) is 10.5 Å². The molecule has 1 amide bonds. The highest BCUT2D eigenvalue weighted by Crippen LogP contribution is 2.34. The maximum Gasteiger partial charge on any atom is 0.283 e. The lowest BCUT2D eigenvalue weighted by Gasteiger charge is -2.03. The van der Waals surface area contributed by atoms with Gasteiger partial charge in [0, 0.05) is 10.4 Å². The van der Waals surface area contributed by atoms with Gasteiger partial charge in [0.15, 0.2) is 0 Å². The zero-order chi connectivity index (χ0) is 19.4. The Morgan fingerprint density at radius 1 is 1.19 bits per heavy atom. The first-order valence-electron chi connectivity index (χ1n) is 8.13. The Morgan fingerprint density at radius 2 is 1.89 bits per heavy atom. The minimum Gasteiger partial charge on any atom is -0.497 e. The summed E-state index contributed by atoms with van der Waals surface area (Å²) in [6.45, 7) is 1.62. The fourth-order valence-electron chi connectivity index (χ4n) is 2.48. The van der Waals surface area contributed by atoms with Crippen LogP contribution in [0.15, 0.2) is 59.7 Å². The highest BCUT2D eigenvalue weighted by molar-refractivity contribution is 7.18. The molecule has 0 aliphatic heterocycles. The van der Waals surface area contributed by atoms with Crippen LogP contribution in [0.25, 0.3) is 10.4 Å². The summed E-state index contributed by atoms with van der Waals surface area (Å²) in [6, 6.07) is 15.5. The Kier molecular flexibility index (Phi) is 5.52. The predicted octanol–water partition coefficient (Wildman–Crippen LogP) is 4.30. The molecule has 3 aromatic rings. The molecule has 1 aromatic heterocycles. The number of ether oxygens (including phenoxy) is 1. The van der Waals surface area contributed by atoms with Gasteiger partial charge in [-0.05, 0) is 48.9 Å². The van der Waals surface area contributed by atoms with Crippen LogP contribution < -0.4 is 15.9 Å². The van der Waals surface area contributed by atoms with Crippen molar-refractivity contribution in [3.63, 3.8) is 0 Å². The van der Waals surface area contributed by atoms with Crippen LogP contribution >= 0.6 is 11.3 Å². The summed E-state index contributed by atoms with van der Waals surface area (Å²) < 4.78 is 18.9. The molecule has 2 aromatic carbocycles. The number of anilines is 1. The minimum absolute atomic E-state index is 0.330. The van der Waals surface area contributed by atoms with Crippen LogP contribution in [0.4, 0.5) is 10.1 Å². The number of nitrogen functional groups attached to an aromatic ring is 1. The van der Waals surface area contributed by atoms with E-state index in [1.54, 1.807) is 38.3 Å². The minimum atomic E-state index is -0.437. The number of rotatable bonds is 5. The number of amides is 1. The predicted molar refractivity (Wildman–Crippen MR) is 107 cm³/mol. The largest absolute Gasteiger partial charge is 0.497 e.